The number of aromatic nitrogens is 1. The number of anilines is 3. The molecule has 1 aromatic heterocycles. The van der Waals surface area contributed by atoms with E-state index in [9.17, 15) is 9.59 Å². The van der Waals surface area contributed by atoms with E-state index in [-0.39, 0.29) is 12.5 Å². The molecular weight excluding hydrogens is 352 g/mol. The Hall–Kier alpha value is -2.61. The molecule has 3 rings (SSSR count). The highest BCUT2D eigenvalue weighted by Gasteiger charge is 2.20. The number of carbonyl (C=O) groups excluding carboxylic acids is 2. The number of nitrogens with zero attached hydrogens (tertiary/aromatic N) is 2. The predicted molar refractivity (Wildman–Crippen MR) is 103 cm³/mol. The standard InChI is InChI=1S/C18H22N4O3S/c1-12-16(17(19-2)26-21-12)18(24)25-11-15(23)20-13-5-7-14(8-6-13)22-9-3-4-10-22/h5-8,19H,3-4,9-11H2,1-2H3,(H,20,23). The van der Waals surface area contributed by atoms with Crippen LogP contribution in [0.2, 0.25) is 0 Å². The molecule has 1 fully saturated rings. The average Bonchev–Trinajstić information content (AvgIpc) is 3.30. The number of hydrogen-bond donors (Lipinski definition) is 2. The first-order valence-electron chi connectivity index (χ1n) is 8.54. The molecular formula is C18H22N4O3S. The lowest BCUT2D eigenvalue weighted by atomic mass is 10.2. The van der Waals surface area contributed by atoms with Crippen molar-refractivity contribution in [2.75, 3.05) is 42.3 Å². The summed E-state index contributed by atoms with van der Waals surface area (Å²) in [6.07, 6.45) is 2.44. The Morgan fingerprint density at radius 1 is 1.23 bits per heavy atom. The van der Waals surface area contributed by atoms with Gasteiger partial charge >= 0.3 is 5.97 Å². The van der Waals surface area contributed by atoms with Gasteiger partial charge in [-0.05, 0) is 55.6 Å². The van der Waals surface area contributed by atoms with Crippen molar-refractivity contribution in [3.8, 4) is 0 Å². The maximum Gasteiger partial charge on any atom is 0.343 e. The Bertz CT molecular complexity index is 782. The Morgan fingerprint density at radius 2 is 1.92 bits per heavy atom. The van der Waals surface area contributed by atoms with Crippen LogP contribution in [0.25, 0.3) is 0 Å². The lowest BCUT2D eigenvalue weighted by molar-refractivity contribution is -0.119. The fourth-order valence-electron chi connectivity index (χ4n) is 2.91. The molecule has 8 heteroatoms. The average molecular weight is 374 g/mol. The van der Waals surface area contributed by atoms with Gasteiger partial charge in [0.1, 0.15) is 10.6 Å². The van der Waals surface area contributed by atoms with Crippen molar-refractivity contribution < 1.29 is 14.3 Å². The summed E-state index contributed by atoms with van der Waals surface area (Å²) < 4.78 is 9.23. The molecule has 0 spiro atoms. The zero-order valence-corrected chi connectivity index (χ0v) is 15.7. The zero-order valence-electron chi connectivity index (χ0n) is 14.9. The van der Waals surface area contributed by atoms with Gasteiger partial charge in [0.2, 0.25) is 0 Å². The summed E-state index contributed by atoms with van der Waals surface area (Å²) in [4.78, 5) is 26.5. The minimum Gasteiger partial charge on any atom is -0.452 e. The summed E-state index contributed by atoms with van der Waals surface area (Å²) in [7, 11) is 1.71. The van der Waals surface area contributed by atoms with Crippen LogP contribution in [0.4, 0.5) is 16.4 Å². The first kappa shape index (κ1) is 18.2. The van der Waals surface area contributed by atoms with Crippen molar-refractivity contribution in [1.29, 1.82) is 0 Å². The molecule has 0 radical (unpaired) electrons. The molecule has 2 heterocycles. The van der Waals surface area contributed by atoms with Crippen molar-refractivity contribution >= 4 is 39.8 Å². The lowest BCUT2D eigenvalue weighted by Gasteiger charge is -2.17. The second-order valence-electron chi connectivity index (χ2n) is 6.09. The van der Waals surface area contributed by atoms with Crippen LogP contribution < -0.4 is 15.5 Å². The molecule has 0 unspecified atom stereocenters. The van der Waals surface area contributed by atoms with E-state index in [1.807, 2.05) is 24.3 Å². The summed E-state index contributed by atoms with van der Waals surface area (Å²) in [6, 6.07) is 7.71. The van der Waals surface area contributed by atoms with Gasteiger partial charge in [-0.3, -0.25) is 4.79 Å². The number of esters is 1. The number of amides is 1. The number of rotatable bonds is 6. The van der Waals surface area contributed by atoms with Gasteiger partial charge in [0.25, 0.3) is 5.91 Å². The third-order valence-electron chi connectivity index (χ3n) is 4.25. The summed E-state index contributed by atoms with van der Waals surface area (Å²) in [5.41, 5.74) is 2.80. The molecule has 1 saturated heterocycles. The van der Waals surface area contributed by atoms with Crippen molar-refractivity contribution in [3.05, 3.63) is 35.5 Å². The molecule has 1 aromatic carbocycles. The molecule has 7 nitrogen and oxygen atoms in total. The Morgan fingerprint density at radius 3 is 2.58 bits per heavy atom. The molecule has 2 aromatic rings. The molecule has 0 aliphatic carbocycles. The second-order valence-corrected chi connectivity index (χ2v) is 6.86. The Kier molecular flexibility index (Phi) is 5.72. The first-order valence-corrected chi connectivity index (χ1v) is 9.32. The zero-order chi connectivity index (χ0) is 18.5. The molecule has 138 valence electrons. The number of benzene rings is 1. The smallest absolute Gasteiger partial charge is 0.343 e. The molecule has 1 aliphatic rings. The second kappa shape index (κ2) is 8.18. The van der Waals surface area contributed by atoms with Crippen molar-refractivity contribution in [2.45, 2.75) is 19.8 Å². The number of aryl methyl sites for hydroxylation is 1. The van der Waals surface area contributed by atoms with Gasteiger partial charge < -0.3 is 20.3 Å². The van der Waals surface area contributed by atoms with Crippen molar-refractivity contribution in [1.82, 2.24) is 4.37 Å². The summed E-state index contributed by atoms with van der Waals surface area (Å²) in [5.74, 6) is -0.931. The summed E-state index contributed by atoms with van der Waals surface area (Å²) >= 11 is 1.19. The van der Waals surface area contributed by atoms with Gasteiger partial charge in [0.15, 0.2) is 6.61 Å². The number of carbonyl (C=O) groups is 2. The van der Waals surface area contributed by atoms with Crippen LogP contribution in [0, 0.1) is 6.92 Å². The van der Waals surface area contributed by atoms with Gasteiger partial charge in [-0.1, -0.05) is 0 Å². The molecule has 2 N–H and O–H groups in total. The maximum atomic E-state index is 12.2. The van der Waals surface area contributed by atoms with Gasteiger partial charge in [0.05, 0.1) is 5.69 Å². The predicted octanol–water partition coefficient (Wildman–Crippen LogP) is 2.89. The van der Waals surface area contributed by atoms with Crippen molar-refractivity contribution in [2.24, 2.45) is 0 Å². The third kappa shape index (κ3) is 4.13. The highest BCUT2D eigenvalue weighted by Crippen LogP contribution is 2.25. The number of ether oxygens (including phenoxy) is 1. The minimum absolute atomic E-state index is 0.342. The van der Waals surface area contributed by atoms with E-state index >= 15 is 0 Å². The van der Waals surface area contributed by atoms with Gasteiger partial charge in [-0.2, -0.15) is 4.37 Å². The number of hydrogen-bond acceptors (Lipinski definition) is 7. The number of nitrogens with one attached hydrogen (secondary N) is 2. The van der Waals surface area contributed by atoms with Crippen LogP contribution in [0.3, 0.4) is 0 Å². The van der Waals surface area contributed by atoms with Crippen LogP contribution in [-0.2, 0) is 9.53 Å². The highest BCUT2D eigenvalue weighted by atomic mass is 32.1. The van der Waals surface area contributed by atoms with E-state index in [4.69, 9.17) is 4.74 Å². The fourth-order valence-corrected chi connectivity index (χ4v) is 3.65. The van der Waals surface area contributed by atoms with Crippen LogP contribution in [0.1, 0.15) is 28.9 Å². The van der Waals surface area contributed by atoms with E-state index in [2.05, 4.69) is 19.9 Å². The quantitative estimate of drug-likeness (QED) is 0.757. The molecule has 26 heavy (non-hydrogen) atoms. The largest absolute Gasteiger partial charge is 0.452 e. The van der Waals surface area contributed by atoms with E-state index in [0.717, 1.165) is 18.8 Å². The van der Waals surface area contributed by atoms with E-state index in [0.29, 0.717) is 21.9 Å². The Balaban J connectivity index is 1.52. The van der Waals surface area contributed by atoms with Gasteiger partial charge in [-0.25, -0.2) is 4.79 Å². The fraction of sp³-hybridized carbons (Fsp3) is 0.389. The van der Waals surface area contributed by atoms with E-state index in [1.165, 1.54) is 24.4 Å². The van der Waals surface area contributed by atoms with E-state index in [1.54, 1.807) is 14.0 Å². The summed E-state index contributed by atoms with van der Waals surface area (Å²) in [6.45, 7) is 3.54. The van der Waals surface area contributed by atoms with Crippen LogP contribution in [0.15, 0.2) is 24.3 Å². The highest BCUT2D eigenvalue weighted by molar-refractivity contribution is 7.10. The van der Waals surface area contributed by atoms with Crippen LogP contribution in [0.5, 0.6) is 0 Å². The van der Waals surface area contributed by atoms with E-state index < -0.39 is 5.97 Å². The van der Waals surface area contributed by atoms with Crippen LogP contribution in [-0.4, -0.2) is 43.0 Å². The van der Waals surface area contributed by atoms with Gasteiger partial charge in [0, 0.05) is 31.5 Å². The normalized spacial score (nSPS) is 13.5. The molecule has 0 bridgehead atoms. The summed E-state index contributed by atoms with van der Waals surface area (Å²) in [5, 5.41) is 6.27. The SMILES string of the molecule is CNc1snc(C)c1C(=O)OCC(=O)Nc1ccc(N2CCCC2)cc1. The molecule has 1 amide bonds. The van der Waals surface area contributed by atoms with Crippen molar-refractivity contribution in [3.63, 3.8) is 0 Å². The lowest BCUT2D eigenvalue weighted by Crippen LogP contribution is -2.21. The molecule has 0 atom stereocenters. The van der Waals surface area contributed by atoms with Crippen LogP contribution >= 0.6 is 11.5 Å². The minimum atomic E-state index is -0.555. The first-order chi connectivity index (χ1) is 12.6. The Labute approximate surface area is 156 Å². The third-order valence-corrected chi connectivity index (χ3v) is 5.21. The monoisotopic (exact) mass is 374 g/mol. The molecule has 0 saturated carbocycles. The van der Waals surface area contributed by atoms with Gasteiger partial charge in [-0.15, -0.1) is 0 Å². The molecule has 1 aliphatic heterocycles. The topological polar surface area (TPSA) is 83.6 Å². The maximum absolute atomic E-state index is 12.2.